The van der Waals surface area contributed by atoms with Gasteiger partial charge in [-0.1, -0.05) is 44.2 Å². The van der Waals surface area contributed by atoms with E-state index in [-0.39, 0.29) is 11.4 Å². The molecule has 3 heteroatoms. The van der Waals surface area contributed by atoms with Gasteiger partial charge in [-0.15, -0.1) is 0 Å². The molecule has 0 radical (unpaired) electrons. The summed E-state index contributed by atoms with van der Waals surface area (Å²) >= 11 is 0. The minimum absolute atomic E-state index is 0.0248. The molecule has 28 heavy (non-hydrogen) atoms. The van der Waals surface area contributed by atoms with Crippen molar-refractivity contribution in [1.29, 1.82) is 0 Å². The summed E-state index contributed by atoms with van der Waals surface area (Å²) in [4.78, 5) is 11.8. The maximum Gasteiger partial charge on any atom is 0.306 e. The number of ether oxygens (including phenoxy) is 2. The molecule has 3 aliphatic carbocycles. The summed E-state index contributed by atoms with van der Waals surface area (Å²) in [5.41, 5.74) is 1.78. The minimum Gasteiger partial charge on any atom is -0.465 e. The lowest BCUT2D eigenvalue weighted by Crippen LogP contribution is -2.56. The van der Waals surface area contributed by atoms with E-state index in [1.54, 1.807) is 0 Å². The highest BCUT2D eigenvalue weighted by molar-refractivity contribution is 5.70. The van der Waals surface area contributed by atoms with Gasteiger partial charge in [0.25, 0.3) is 0 Å². The highest BCUT2D eigenvalue weighted by Gasteiger charge is 2.61. The van der Waals surface area contributed by atoms with Crippen LogP contribution in [0.15, 0.2) is 30.3 Å². The molecular formula is C25H34O3. The molecule has 1 heterocycles. The molecule has 0 N–H and O–H groups in total. The first-order chi connectivity index (χ1) is 13.5. The summed E-state index contributed by atoms with van der Waals surface area (Å²) < 4.78 is 12.1. The van der Waals surface area contributed by atoms with Gasteiger partial charge in [-0.05, 0) is 73.2 Å². The largest absolute Gasteiger partial charge is 0.465 e. The van der Waals surface area contributed by atoms with Gasteiger partial charge in [0, 0.05) is 11.8 Å². The maximum absolute atomic E-state index is 11.8. The Labute approximate surface area is 169 Å². The number of carbonyl (C=O) groups excluding carboxylic acids is 1. The van der Waals surface area contributed by atoms with Crippen LogP contribution in [0, 0.1) is 34.5 Å². The van der Waals surface area contributed by atoms with Crippen LogP contribution in [0.25, 0.3) is 0 Å². The zero-order valence-electron chi connectivity index (χ0n) is 17.4. The molecule has 7 atom stereocenters. The van der Waals surface area contributed by atoms with Crippen LogP contribution in [0.3, 0.4) is 0 Å². The molecule has 3 saturated carbocycles. The van der Waals surface area contributed by atoms with Crippen LogP contribution >= 0.6 is 0 Å². The third-order valence-electron chi connectivity index (χ3n) is 9.23. The van der Waals surface area contributed by atoms with Crippen LogP contribution in [0.4, 0.5) is 0 Å². The summed E-state index contributed by atoms with van der Waals surface area (Å²) in [5.74, 6) is 2.82. The average molecular weight is 383 g/mol. The molecule has 1 unspecified atom stereocenters. The number of esters is 1. The summed E-state index contributed by atoms with van der Waals surface area (Å²) in [6.45, 7) is 6.31. The molecule has 3 nitrogen and oxygen atoms in total. The fraction of sp³-hybridized carbons (Fsp3) is 0.720. The molecule has 1 saturated heterocycles. The summed E-state index contributed by atoms with van der Waals surface area (Å²) in [5, 5.41) is 0. The van der Waals surface area contributed by atoms with E-state index in [4.69, 9.17) is 9.47 Å². The zero-order valence-corrected chi connectivity index (χ0v) is 17.4. The van der Waals surface area contributed by atoms with Gasteiger partial charge in [0.1, 0.15) is 0 Å². The predicted molar refractivity (Wildman–Crippen MR) is 108 cm³/mol. The highest BCUT2D eigenvalue weighted by atomic mass is 16.5. The molecule has 5 rings (SSSR count). The molecule has 152 valence electrons. The lowest BCUT2D eigenvalue weighted by molar-refractivity contribution is -0.183. The normalized spacial score (nSPS) is 44.9. The maximum atomic E-state index is 11.8. The number of benzene rings is 1. The second-order valence-corrected chi connectivity index (χ2v) is 10.4. The van der Waals surface area contributed by atoms with Gasteiger partial charge in [0.2, 0.25) is 0 Å². The van der Waals surface area contributed by atoms with E-state index in [1.165, 1.54) is 44.1 Å². The Morgan fingerprint density at radius 3 is 2.61 bits per heavy atom. The van der Waals surface area contributed by atoms with E-state index >= 15 is 0 Å². The van der Waals surface area contributed by atoms with Crippen molar-refractivity contribution in [2.75, 3.05) is 6.61 Å². The van der Waals surface area contributed by atoms with Crippen LogP contribution in [-0.4, -0.2) is 18.7 Å². The monoisotopic (exact) mass is 382 g/mol. The molecule has 0 bridgehead atoms. The first-order valence-electron chi connectivity index (χ1n) is 11.3. The number of cyclic esters (lactones) is 1. The predicted octanol–water partition coefficient (Wildman–Crippen LogP) is 5.38. The third kappa shape index (κ3) is 2.84. The highest BCUT2D eigenvalue weighted by Crippen LogP contribution is 2.65. The van der Waals surface area contributed by atoms with E-state index < -0.39 is 0 Å². The first-order valence-corrected chi connectivity index (χ1v) is 11.3. The van der Waals surface area contributed by atoms with Crippen molar-refractivity contribution in [1.82, 2.24) is 0 Å². The lowest BCUT2D eigenvalue weighted by Gasteiger charge is -2.59. The number of fused-ring (bicyclic) bond motifs is 5. The van der Waals surface area contributed by atoms with Gasteiger partial charge < -0.3 is 9.47 Å². The zero-order chi connectivity index (χ0) is 19.4. The van der Waals surface area contributed by atoms with Crippen molar-refractivity contribution in [2.45, 2.75) is 71.5 Å². The van der Waals surface area contributed by atoms with Crippen molar-refractivity contribution in [3.63, 3.8) is 0 Å². The minimum atomic E-state index is 0.0248. The Hall–Kier alpha value is -1.35. The van der Waals surface area contributed by atoms with Crippen LogP contribution in [0.5, 0.6) is 0 Å². The number of rotatable bonds is 3. The Balaban J connectivity index is 1.32. The van der Waals surface area contributed by atoms with Gasteiger partial charge in [-0.2, -0.15) is 0 Å². The molecule has 1 aromatic carbocycles. The smallest absolute Gasteiger partial charge is 0.306 e. The van der Waals surface area contributed by atoms with E-state index in [9.17, 15) is 4.79 Å². The van der Waals surface area contributed by atoms with Gasteiger partial charge in [0.15, 0.2) is 0 Å². The SMILES string of the molecule is C[C@]12COC(=O)C[C@@H]1CC[C@@H]1[C@@H]2CC[C@]2(C)C(OCc3ccccc3)CC[C@@H]12. The number of hydrogen-bond donors (Lipinski definition) is 0. The average Bonchev–Trinajstić information content (AvgIpc) is 3.04. The fourth-order valence-corrected chi connectivity index (χ4v) is 7.59. The summed E-state index contributed by atoms with van der Waals surface area (Å²) in [6, 6.07) is 10.6. The Kier molecular flexibility index (Phi) is 4.58. The molecule has 1 aliphatic heterocycles. The van der Waals surface area contributed by atoms with Crippen LogP contribution in [-0.2, 0) is 20.9 Å². The topological polar surface area (TPSA) is 35.5 Å². The van der Waals surface area contributed by atoms with Crippen molar-refractivity contribution < 1.29 is 14.3 Å². The number of hydrogen-bond acceptors (Lipinski definition) is 3. The van der Waals surface area contributed by atoms with Crippen LogP contribution in [0.2, 0.25) is 0 Å². The molecule has 0 aromatic heterocycles. The van der Waals surface area contributed by atoms with Crippen LogP contribution < -0.4 is 0 Å². The molecule has 4 fully saturated rings. The third-order valence-corrected chi connectivity index (χ3v) is 9.23. The van der Waals surface area contributed by atoms with Crippen molar-refractivity contribution in [2.24, 2.45) is 34.5 Å². The fourth-order valence-electron chi connectivity index (χ4n) is 7.59. The standard InChI is InChI=1S/C25H34O3/c1-24-13-12-21-19(9-8-18-14-23(26)28-16-25(18,21)2)20(24)10-11-22(24)27-15-17-6-4-3-5-7-17/h3-7,18-22H,8-16H2,1-2H3/t18-,19-,20-,21-,22?,24-,25-/m0/s1. The Bertz CT molecular complexity index is 731. The second-order valence-electron chi connectivity index (χ2n) is 10.4. The van der Waals surface area contributed by atoms with Gasteiger partial charge in [0.05, 0.1) is 19.3 Å². The molecule has 0 amide bonds. The van der Waals surface area contributed by atoms with Crippen LogP contribution in [0.1, 0.15) is 64.4 Å². The first kappa shape index (κ1) is 18.7. The van der Waals surface area contributed by atoms with Gasteiger partial charge >= 0.3 is 5.97 Å². The molecule has 4 aliphatic rings. The number of carbonyl (C=O) groups is 1. The van der Waals surface area contributed by atoms with E-state index in [0.29, 0.717) is 36.4 Å². The van der Waals surface area contributed by atoms with Crippen molar-refractivity contribution in [3.8, 4) is 0 Å². The Morgan fingerprint density at radius 1 is 1.00 bits per heavy atom. The Morgan fingerprint density at radius 2 is 1.79 bits per heavy atom. The molecular weight excluding hydrogens is 348 g/mol. The summed E-state index contributed by atoms with van der Waals surface area (Å²) in [7, 11) is 0. The lowest BCUT2D eigenvalue weighted by atomic mass is 9.47. The van der Waals surface area contributed by atoms with Gasteiger partial charge in [-0.25, -0.2) is 0 Å². The van der Waals surface area contributed by atoms with E-state index in [0.717, 1.165) is 18.4 Å². The second kappa shape index (κ2) is 6.86. The molecule has 1 aromatic rings. The van der Waals surface area contributed by atoms with Crippen molar-refractivity contribution >= 4 is 5.97 Å². The quantitative estimate of drug-likeness (QED) is 0.659. The van der Waals surface area contributed by atoms with E-state index in [1.807, 2.05) is 0 Å². The summed E-state index contributed by atoms with van der Waals surface area (Å²) in [6.07, 6.45) is 8.56. The van der Waals surface area contributed by atoms with Crippen molar-refractivity contribution in [3.05, 3.63) is 35.9 Å². The van der Waals surface area contributed by atoms with Gasteiger partial charge in [-0.3, -0.25) is 4.79 Å². The molecule has 0 spiro atoms. The van der Waals surface area contributed by atoms with E-state index in [2.05, 4.69) is 44.2 Å².